The zero-order valence-electron chi connectivity index (χ0n) is 28.2. The number of ketones is 1. The molecule has 0 spiro atoms. The van der Waals surface area contributed by atoms with Crippen LogP contribution in [0.25, 0.3) is 10.9 Å². The van der Waals surface area contributed by atoms with Crippen LogP contribution in [0.5, 0.6) is 0 Å². The lowest BCUT2D eigenvalue weighted by atomic mass is 9.78. The van der Waals surface area contributed by atoms with Gasteiger partial charge in [-0.1, -0.05) is 49.6 Å². The third-order valence-electron chi connectivity index (χ3n) is 9.72. The van der Waals surface area contributed by atoms with Gasteiger partial charge in [0, 0.05) is 43.5 Å². The van der Waals surface area contributed by atoms with Crippen LogP contribution in [-0.4, -0.2) is 91.7 Å². The fourth-order valence-corrected chi connectivity index (χ4v) is 6.97. The van der Waals surface area contributed by atoms with Crippen LogP contribution in [0.15, 0.2) is 48.5 Å². The molecule has 0 radical (unpaired) electrons. The molecule has 10 nitrogen and oxygen atoms in total. The molecule has 0 bridgehead atoms. The molecule has 3 atom stereocenters. The van der Waals surface area contributed by atoms with E-state index in [-0.39, 0.29) is 55.4 Å². The number of rotatable bonds is 16. The summed E-state index contributed by atoms with van der Waals surface area (Å²) in [5, 5.41) is 9.68. The van der Waals surface area contributed by atoms with Crippen LogP contribution in [0.2, 0.25) is 0 Å². The average molecular weight is 704 g/mol. The highest BCUT2D eigenvalue weighted by Crippen LogP contribution is 2.36. The number of nitrogens with zero attached hydrogens (tertiary/aromatic N) is 2. The van der Waals surface area contributed by atoms with Crippen LogP contribution in [-0.2, 0) is 32.2 Å². The van der Waals surface area contributed by atoms with E-state index in [0.717, 1.165) is 56.1 Å². The summed E-state index contributed by atoms with van der Waals surface area (Å²) in [4.78, 5) is 43.1. The number of ether oxygens (including phenoxy) is 2. The Hall–Kier alpha value is -3.26. The van der Waals surface area contributed by atoms with Crippen molar-refractivity contribution in [1.29, 1.82) is 0 Å². The average Bonchev–Trinajstić information content (AvgIpc) is 3.46. The number of benzene rings is 2. The Morgan fingerprint density at radius 1 is 1.04 bits per heavy atom. The van der Waals surface area contributed by atoms with E-state index < -0.39 is 29.4 Å². The van der Waals surface area contributed by atoms with Gasteiger partial charge in [0.05, 0.1) is 49.7 Å². The predicted molar refractivity (Wildman–Crippen MR) is 186 cm³/mol. The van der Waals surface area contributed by atoms with Gasteiger partial charge >= 0.3 is 0 Å². The van der Waals surface area contributed by atoms with Crippen molar-refractivity contribution < 1.29 is 32.6 Å². The van der Waals surface area contributed by atoms with Gasteiger partial charge in [0.1, 0.15) is 0 Å². The first-order valence-electron chi connectivity index (χ1n) is 16.9. The van der Waals surface area contributed by atoms with Crippen molar-refractivity contribution in [3.05, 3.63) is 71.4 Å². The van der Waals surface area contributed by atoms with Crippen molar-refractivity contribution >= 4 is 41.3 Å². The summed E-state index contributed by atoms with van der Waals surface area (Å²) in [6.07, 6.45) is 5.18. The number of amides is 1. The number of aldehydes is 1. The first-order valence-corrected chi connectivity index (χ1v) is 16.9. The van der Waals surface area contributed by atoms with Gasteiger partial charge in [0.25, 0.3) is 0 Å². The minimum absolute atomic E-state index is 0. The molecule has 2 aliphatic rings. The molecular formula is C36H48ClF2N5O5. The number of nitrogens with one attached hydrogen (secondary N) is 3. The van der Waals surface area contributed by atoms with Crippen molar-refractivity contribution in [1.82, 2.24) is 25.4 Å². The molecular weight excluding hydrogens is 656 g/mol. The molecule has 5 rings (SSSR count). The molecule has 0 unspecified atom stereocenters. The highest BCUT2D eigenvalue weighted by Gasteiger charge is 2.51. The van der Waals surface area contributed by atoms with E-state index in [1.807, 2.05) is 35.2 Å². The normalized spacial score (nSPS) is 19.1. The molecule has 1 amide bonds. The van der Waals surface area contributed by atoms with E-state index in [4.69, 9.17) is 9.47 Å². The summed E-state index contributed by atoms with van der Waals surface area (Å²) in [5.41, 5.74) is 0.263. The van der Waals surface area contributed by atoms with E-state index in [1.165, 1.54) is 0 Å². The molecule has 1 saturated carbocycles. The minimum atomic E-state index is -1.40. The molecule has 2 heterocycles. The quantitative estimate of drug-likeness (QED) is 0.116. The maximum Gasteiger partial charge on any atom is 0.238 e. The molecule has 3 aromatic rings. The van der Waals surface area contributed by atoms with E-state index in [9.17, 15) is 23.2 Å². The molecule has 3 N–H and O–H groups in total. The number of fused-ring (bicyclic) bond motifs is 1. The van der Waals surface area contributed by atoms with Crippen molar-refractivity contribution in [2.24, 2.45) is 5.92 Å². The SMILES string of the molecule is CN[C@@H](C)C(=O)N[C@@](C=O)(C1CCCCC1)N1CCNC[C@@H]1C(=O)c1cc2cc(F)c(F)cc2n1CCOCCOCc1ccccc1.Cl. The first-order chi connectivity index (χ1) is 23.3. The summed E-state index contributed by atoms with van der Waals surface area (Å²) in [5.74, 6) is -2.86. The van der Waals surface area contributed by atoms with Crippen molar-refractivity contribution in [3.8, 4) is 0 Å². The fraction of sp³-hybridized carbons (Fsp3) is 0.528. The number of aromatic nitrogens is 1. The minimum Gasteiger partial charge on any atom is -0.377 e. The summed E-state index contributed by atoms with van der Waals surface area (Å²) in [6, 6.07) is 12.2. The third-order valence-corrected chi connectivity index (χ3v) is 9.72. The van der Waals surface area contributed by atoms with Crippen LogP contribution >= 0.6 is 12.4 Å². The van der Waals surface area contributed by atoms with Gasteiger partial charge in [0.15, 0.2) is 29.4 Å². The number of likely N-dealkylation sites (N-methyl/N-ethyl adjacent to an activating group) is 1. The Morgan fingerprint density at radius 2 is 1.76 bits per heavy atom. The molecule has 2 aromatic carbocycles. The maximum absolute atomic E-state index is 14.6. The van der Waals surface area contributed by atoms with E-state index >= 15 is 0 Å². The van der Waals surface area contributed by atoms with E-state index in [2.05, 4.69) is 16.0 Å². The zero-order chi connectivity index (χ0) is 34.1. The largest absolute Gasteiger partial charge is 0.377 e. The highest BCUT2D eigenvalue weighted by atomic mass is 35.5. The van der Waals surface area contributed by atoms with Gasteiger partial charge in [-0.05, 0) is 44.5 Å². The number of carbonyl (C=O) groups is 3. The van der Waals surface area contributed by atoms with Crippen LogP contribution < -0.4 is 16.0 Å². The van der Waals surface area contributed by atoms with Crippen molar-refractivity contribution in [3.63, 3.8) is 0 Å². The van der Waals surface area contributed by atoms with E-state index in [1.54, 1.807) is 24.6 Å². The lowest BCUT2D eigenvalue weighted by Crippen LogP contribution is -2.74. The molecule has 13 heteroatoms. The molecule has 268 valence electrons. The number of halogens is 3. The Balaban J connectivity index is 0.00000541. The van der Waals surface area contributed by atoms with Crippen LogP contribution in [0.1, 0.15) is 55.1 Å². The van der Waals surface area contributed by atoms with Gasteiger partial charge in [-0.15, -0.1) is 12.4 Å². The topological polar surface area (TPSA) is 114 Å². The number of hydrogen-bond donors (Lipinski definition) is 3. The van der Waals surface area contributed by atoms with Crippen molar-refractivity contribution in [2.75, 3.05) is 46.5 Å². The van der Waals surface area contributed by atoms with Gasteiger partial charge in [-0.2, -0.15) is 0 Å². The number of piperazine rings is 1. The summed E-state index contributed by atoms with van der Waals surface area (Å²) < 4.78 is 42.1. The number of carbonyl (C=O) groups excluding carboxylic acids is 3. The number of Topliss-reactive ketones (excluding diaryl/α,β-unsaturated/α-hetero) is 1. The standard InChI is InChI=1S/C36H47F2N5O5.ClH/c1-25(39-2)35(46)41-36(24-44,28-11-7-4-8-12-28)43-14-13-40-22-33(43)34(45)32-20-27-19-29(37)30(38)21-31(27)42(32)15-16-47-17-18-48-23-26-9-5-3-6-10-26;/h3,5-6,9-10,19-21,24-25,28,33,39-40H,4,7-8,11-18,22-23H2,1-2H3,(H,41,46);1H/t25-,33+,36+;/m0./s1. The molecule has 1 aromatic heterocycles. The Morgan fingerprint density at radius 3 is 2.47 bits per heavy atom. The maximum atomic E-state index is 14.6. The smallest absolute Gasteiger partial charge is 0.238 e. The molecule has 1 aliphatic heterocycles. The number of hydrogen-bond acceptors (Lipinski definition) is 8. The Bertz CT molecular complexity index is 1550. The molecule has 1 saturated heterocycles. The summed E-state index contributed by atoms with van der Waals surface area (Å²) in [7, 11) is 1.68. The lowest BCUT2D eigenvalue weighted by Gasteiger charge is -2.51. The Labute approximate surface area is 292 Å². The van der Waals surface area contributed by atoms with Gasteiger partial charge in [0.2, 0.25) is 5.91 Å². The molecule has 1 aliphatic carbocycles. The van der Waals surface area contributed by atoms with Crippen LogP contribution in [0.3, 0.4) is 0 Å². The highest BCUT2D eigenvalue weighted by molar-refractivity contribution is 6.03. The van der Waals surface area contributed by atoms with Crippen LogP contribution in [0.4, 0.5) is 8.78 Å². The first kappa shape index (κ1) is 38.5. The molecule has 2 fully saturated rings. The van der Waals surface area contributed by atoms with Gasteiger partial charge < -0.3 is 30.0 Å². The zero-order valence-corrected chi connectivity index (χ0v) is 29.0. The lowest BCUT2D eigenvalue weighted by molar-refractivity contribution is -0.141. The second-order valence-corrected chi connectivity index (χ2v) is 12.7. The second-order valence-electron chi connectivity index (χ2n) is 12.7. The van der Waals surface area contributed by atoms with E-state index in [0.29, 0.717) is 43.8 Å². The summed E-state index contributed by atoms with van der Waals surface area (Å²) in [6.45, 7) is 4.35. The van der Waals surface area contributed by atoms with Crippen LogP contribution in [0, 0.1) is 17.6 Å². The van der Waals surface area contributed by atoms with Gasteiger partial charge in [-0.25, -0.2) is 8.78 Å². The fourth-order valence-electron chi connectivity index (χ4n) is 6.97. The predicted octanol–water partition coefficient (Wildman–Crippen LogP) is 4.23. The van der Waals surface area contributed by atoms with Gasteiger partial charge in [-0.3, -0.25) is 19.3 Å². The third kappa shape index (κ3) is 8.92. The Kier molecular flexibility index (Phi) is 14.2. The van der Waals surface area contributed by atoms with Crippen molar-refractivity contribution in [2.45, 2.75) is 69.9 Å². The summed E-state index contributed by atoms with van der Waals surface area (Å²) >= 11 is 0. The second kappa shape index (κ2) is 18.1. The monoisotopic (exact) mass is 703 g/mol. The molecule has 49 heavy (non-hydrogen) atoms.